The van der Waals surface area contributed by atoms with Crippen molar-refractivity contribution in [2.24, 2.45) is 0 Å². The Morgan fingerprint density at radius 3 is 3.00 bits per heavy atom. The van der Waals surface area contributed by atoms with Crippen molar-refractivity contribution in [2.45, 2.75) is 25.3 Å². The van der Waals surface area contributed by atoms with Crippen LogP contribution >= 0.6 is 0 Å². The second kappa shape index (κ2) is 4.70. The van der Waals surface area contributed by atoms with Crippen LogP contribution in [0, 0.1) is 0 Å². The Balaban J connectivity index is 2.20. The Bertz CT molecular complexity index is 108. The molecule has 65 valence electrons. The van der Waals surface area contributed by atoms with Gasteiger partial charge in [0.1, 0.15) is 0 Å². The molecule has 0 amide bonds. The monoisotopic (exact) mass is 158 g/mol. The molecule has 0 saturated carbocycles. The zero-order valence-corrected chi connectivity index (χ0v) is 6.83. The van der Waals surface area contributed by atoms with Crippen molar-refractivity contribution < 1.29 is 10.2 Å². The van der Waals surface area contributed by atoms with Crippen LogP contribution < -0.4 is 0 Å². The maximum absolute atomic E-state index is 10.2. The summed E-state index contributed by atoms with van der Waals surface area (Å²) < 4.78 is 0. The lowest BCUT2D eigenvalue weighted by atomic mass is 10.2. The Morgan fingerprint density at radius 2 is 2.36 bits per heavy atom. The van der Waals surface area contributed by atoms with Gasteiger partial charge in [-0.25, -0.2) is 5.11 Å². The number of hydrogen-bond acceptors (Lipinski definition) is 2. The van der Waals surface area contributed by atoms with Gasteiger partial charge in [-0.1, -0.05) is 0 Å². The fourth-order valence-corrected chi connectivity index (χ4v) is 1.66. The summed E-state index contributed by atoms with van der Waals surface area (Å²) >= 11 is 0. The summed E-state index contributed by atoms with van der Waals surface area (Å²) in [6.07, 6.45) is 2.98. The van der Waals surface area contributed by atoms with E-state index < -0.39 is 0 Å². The Labute approximate surface area is 67.6 Å². The van der Waals surface area contributed by atoms with Gasteiger partial charge in [0.05, 0.1) is 13.2 Å². The molecule has 11 heavy (non-hydrogen) atoms. The lowest BCUT2D eigenvalue weighted by Crippen LogP contribution is -2.33. The number of nitrogens with zero attached hydrogens (tertiary/aromatic N) is 1. The minimum absolute atomic E-state index is 0.00858. The molecule has 3 heteroatoms. The van der Waals surface area contributed by atoms with E-state index in [1.54, 1.807) is 0 Å². The molecular weight excluding hydrogens is 142 g/mol. The van der Waals surface area contributed by atoms with Gasteiger partial charge in [-0.05, 0) is 25.8 Å². The summed E-state index contributed by atoms with van der Waals surface area (Å²) in [6, 6.07) is 0.335. The van der Waals surface area contributed by atoms with Crippen LogP contribution in [0.25, 0.3) is 0 Å². The van der Waals surface area contributed by atoms with Gasteiger partial charge in [-0.2, -0.15) is 0 Å². The molecule has 1 atom stereocenters. The maximum atomic E-state index is 10.2. The van der Waals surface area contributed by atoms with Gasteiger partial charge in [0.2, 0.25) is 0 Å². The molecule has 1 saturated heterocycles. The molecule has 3 nitrogen and oxygen atoms in total. The highest BCUT2D eigenvalue weighted by atomic mass is 16.3. The van der Waals surface area contributed by atoms with Crippen LogP contribution in [0.5, 0.6) is 0 Å². The zero-order valence-electron chi connectivity index (χ0n) is 6.83. The summed E-state index contributed by atoms with van der Waals surface area (Å²) in [4.78, 5) is 2.22. The lowest BCUT2D eigenvalue weighted by molar-refractivity contribution is 0.132. The van der Waals surface area contributed by atoms with Crippen molar-refractivity contribution in [3.05, 3.63) is 0 Å². The molecule has 0 aromatic rings. The van der Waals surface area contributed by atoms with E-state index in [2.05, 4.69) is 4.90 Å². The minimum atomic E-state index is 0.00858. The highest BCUT2D eigenvalue weighted by molar-refractivity contribution is 4.77. The van der Waals surface area contributed by atoms with Crippen LogP contribution in [0.3, 0.4) is 0 Å². The SMILES string of the molecule is [O]CCCN1CCC[C@@H]1CO. The Kier molecular flexibility index (Phi) is 3.83. The molecule has 1 radical (unpaired) electrons. The predicted molar refractivity (Wildman–Crippen MR) is 41.9 cm³/mol. The number of likely N-dealkylation sites (tertiary alicyclic amines) is 1. The molecule has 1 aliphatic heterocycles. The maximum Gasteiger partial charge on any atom is 0.0834 e. The minimum Gasteiger partial charge on any atom is -0.395 e. The highest BCUT2D eigenvalue weighted by Crippen LogP contribution is 2.16. The quantitative estimate of drug-likeness (QED) is 0.638. The van der Waals surface area contributed by atoms with Crippen molar-refractivity contribution in [1.82, 2.24) is 4.90 Å². The van der Waals surface area contributed by atoms with Crippen molar-refractivity contribution in [3.8, 4) is 0 Å². The summed E-state index contributed by atoms with van der Waals surface area (Å²) in [5.74, 6) is 0. The van der Waals surface area contributed by atoms with E-state index in [1.165, 1.54) is 6.42 Å². The third kappa shape index (κ3) is 2.43. The van der Waals surface area contributed by atoms with Crippen LogP contribution in [0.4, 0.5) is 0 Å². The smallest absolute Gasteiger partial charge is 0.0834 e. The van der Waals surface area contributed by atoms with E-state index in [0.717, 1.165) is 25.9 Å². The molecule has 0 unspecified atom stereocenters. The molecule has 1 heterocycles. The molecule has 1 aliphatic rings. The standard InChI is InChI=1S/C8H16NO2/c10-6-2-5-9-4-1-3-8(9)7-11/h8,11H,1-7H2/t8-/m1/s1. The zero-order chi connectivity index (χ0) is 8.10. The average Bonchev–Trinajstić information content (AvgIpc) is 2.47. The number of hydrogen-bond donors (Lipinski definition) is 1. The van der Waals surface area contributed by atoms with Gasteiger partial charge in [-0.3, -0.25) is 4.90 Å². The largest absolute Gasteiger partial charge is 0.395 e. The molecule has 1 rings (SSSR count). The van der Waals surface area contributed by atoms with Gasteiger partial charge in [-0.15, -0.1) is 0 Å². The first kappa shape index (κ1) is 8.97. The van der Waals surface area contributed by atoms with Crippen LogP contribution in [0.1, 0.15) is 19.3 Å². The van der Waals surface area contributed by atoms with E-state index in [0.29, 0.717) is 6.04 Å². The van der Waals surface area contributed by atoms with Crippen LogP contribution in [-0.2, 0) is 5.11 Å². The van der Waals surface area contributed by atoms with Gasteiger partial charge >= 0.3 is 0 Å². The number of aliphatic hydroxyl groups excluding tert-OH is 1. The summed E-state index contributed by atoms with van der Waals surface area (Å²) in [7, 11) is 0. The average molecular weight is 158 g/mol. The van der Waals surface area contributed by atoms with Crippen molar-refractivity contribution in [1.29, 1.82) is 0 Å². The topological polar surface area (TPSA) is 43.4 Å². The molecule has 0 aliphatic carbocycles. The third-order valence-electron chi connectivity index (χ3n) is 2.30. The first-order chi connectivity index (χ1) is 5.38. The van der Waals surface area contributed by atoms with Gasteiger partial charge in [0.25, 0.3) is 0 Å². The van der Waals surface area contributed by atoms with E-state index >= 15 is 0 Å². The van der Waals surface area contributed by atoms with Crippen LogP contribution in [0.15, 0.2) is 0 Å². The summed E-state index contributed by atoms with van der Waals surface area (Å²) in [5, 5.41) is 19.1. The Morgan fingerprint density at radius 1 is 1.55 bits per heavy atom. The molecular formula is C8H16NO2. The molecule has 1 N–H and O–H groups in total. The molecule has 0 aromatic heterocycles. The van der Waals surface area contributed by atoms with Gasteiger partial charge in [0.15, 0.2) is 0 Å². The first-order valence-electron chi connectivity index (χ1n) is 4.31. The highest BCUT2D eigenvalue weighted by Gasteiger charge is 2.22. The first-order valence-corrected chi connectivity index (χ1v) is 4.31. The van der Waals surface area contributed by atoms with E-state index in [-0.39, 0.29) is 13.2 Å². The molecule has 0 aromatic carbocycles. The lowest BCUT2D eigenvalue weighted by Gasteiger charge is -2.21. The molecule has 1 fully saturated rings. The number of rotatable bonds is 4. The fraction of sp³-hybridized carbons (Fsp3) is 1.00. The second-order valence-corrected chi connectivity index (χ2v) is 3.07. The van der Waals surface area contributed by atoms with Gasteiger partial charge < -0.3 is 5.11 Å². The van der Waals surface area contributed by atoms with Crippen LogP contribution in [0.2, 0.25) is 0 Å². The summed E-state index contributed by atoms with van der Waals surface area (Å²) in [6.45, 7) is 2.19. The van der Waals surface area contributed by atoms with Gasteiger partial charge in [0, 0.05) is 12.6 Å². The van der Waals surface area contributed by atoms with Crippen molar-refractivity contribution in [2.75, 3.05) is 26.3 Å². The predicted octanol–water partition coefficient (Wildman–Crippen LogP) is 0.264. The van der Waals surface area contributed by atoms with Crippen molar-refractivity contribution >= 4 is 0 Å². The normalized spacial score (nSPS) is 26.2. The Hall–Kier alpha value is -0.120. The molecule has 0 spiro atoms. The second-order valence-electron chi connectivity index (χ2n) is 3.07. The van der Waals surface area contributed by atoms with Crippen LogP contribution in [-0.4, -0.2) is 42.4 Å². The molecule has 0 bridgehead atoms. The van der Waals surface area contributed by atoms with E-state index in [9.17, 15) is 5.11 Å². The van der Waals surface area contributed by atoms with E-state index in [4.69, 9.17) is 5.11 Å². The third-order valence-corrected chi connectivity index (χ3v) is 2.30. The number of aliphatic hydroxyl groups is 1. The fourth-order valence-electron chi connectivity index (χ4n) is 1.66. The van der Waals surface area contributed by atoms with Crippen molar-refractivity contribution in [3.63, 3.8) is 0 Å². The summed E-state index contributed by atoms with van der Waals surface area (Å²) in [5.41, 5.74) is 0. The van der Waals surface area contributed by atoms with E-state index in [1.807, 2.05) is 0 Å².